The van der Waals surface area contributed by atoms with Gasteiger partial charge in [-0.25, -0.2) is 4.98 Å². The van der Waals surface area contributed by atoms with E-state index >= 15 is 0 Å². The predicted octanol–water partition coefficient (Wildman–Crippen LogP) is 1.39. The Labute approximate surface area is 77.8 Å². The quantitative estimate of drug-likeness (QED) is 0.646. The monoisotopic (exact) mass is 175 g/mol. The molecule has 2 bridgehead atoms. The van der Waals surface area contributed by atoms with Crippen molar-refractivity contribution < 1.29 is 0 Å². The second-order valence-corrected chi connectivity index (χ2v) is 3.90. The summed E-state index contributed by atoms with van der Waals surface area (Å²) in [7, 11) is 0. The molecule has 68 valence electrons. The van der Waals surface area contributed by atoms with Crippen molar-refractivity contribution in [3.05, 3.63) is 17.8 Å². The number of pyridine rings is 1. The average molecular weight is 175 g/mol. The van der Waals surface area contributed by atoms with Crippen molar-refractivity contribution in [2.24, 2.45) is 0 Å². The summed E-state index contributed by atoms with van der Waals surface area (Å²) < 4.78 is 0. The Kier molecular flexibility index (Phi) is 1.31. The van der Waals surface area contributed by atoms with E-state index in [0.717, 1.165) is 18.1 Å². The molecule has 3 heteroatoms. The zero-order chi connectivity index (χ0) is 8.84. The van der Waals surface area contributed by atoms with Gasteiger partial charge in [-0.1, -0.05) is 0 Å². The van der Waals surface area contributed by atoms with E-state index in [9.17, 15) is 0 Å². The van der Waals surface area contributed by atoms with Crippen LogP contribution in [0, 0.1) is 6.92 Å². The number of anilines is 2. The molecule has 1 aromatic rings. The normalized spacial score (nSPS) is 24.1. The number of nitrogens with zero attached hydrogens (tertiary/aromatic N) is 2. The van der Waals surface area contributed by atoms with Gasteiger partial charge in [0.1, 0.15) is 5.82 Å². The first-order valence-corrected chi connectivity index (χ1v) is 4.82. The lowest BCUT2D eigenvalue weighted by Gasteiger charge is -2.27. The highest BCUT2D eigenvalue weighted by atomic mass is 15.3. The lowest BCUT2D eigenvalue weighted by molar-refractivity contribution is 0.786. The largest absolute Gasteiger partial charge is 0.366 e. The molecule has 0 aromatic carbocycles. The van der Waals surface area contributed by atoms with Gasteiger partial charge in [-0.2, -0.15) is 0 Å². The van der Waals surface area contributed by atoms with Gasteiger partial charge in [0, 0.05) is 24.8 Å². The fourth-order valence-electron chi connectivity index (χ4n) is 2.20. The minimum atomic E-state index is 0.627. The van der Waals surface area contributed by atoms with Crippen LogP contribution in [0.4, 0.5) is 11.5 Å². The lowest BCUT2D eigenvalue weighted by Crippen LogP contribution is -2.32. The summed E-state index contributed by atoms with van der Waals surface area (Å²) in [6.45, 7) is 4.36. The van der Waals surface area contributed by atoms with Gasteiger partial charge in [0.15, 0.2) is 0 Å². The Morgan fingerprint density at radius 2 is 2.46 bits per heavy atom. The van der Waals surface area contributed by atoms with Crippen molar-refractivity contribution >= 4 is 11.5 Å². The van der Waals surface area contributed by atoms with Crippen LogP contribution in [0.25, 0.3) is 0 Å². The van der Waals surface area contributed by atoms with Crippen LogP contribution in [0.3, 0.4) is 0 Å². The summed E-state index contributed by atoms with van der Waals surface area (Å²) in [5.74, 6) is 1.08. The van der Waals surface area contributed by atoms with Gasteiger partial charge in [-0.05, 0) is 25.5 Å². The average Bonchev–Trinajstić information content (AvgIpc) is 2.48. The molecule has 1 saturated heterocycles. The van der Waals surface area contributed by atoms with Crippen LogP contribution < -0.4 is 10.2 Å². The van der Waals surface area contributed by atoms with Gasteiger partial charge in [0.2, 0.25) is 0 Å². The van der Waals surface area contributed by atoms with Crippen molar-refractivity contribution in [3.8, 4) is 0 Å². The molecule has 1 aromatic heterocycles. The van der Waals surface area contributed by atoms with E-state index in [1.165, 1.54) is 18.7 Å². The van der Waals surface area contributed by atoms with Gasteiger partial charge in [-0.15, -0.1) is 0 Å². The zero-order valence-electron chi connectivity index (χ0n) is 7.75. The predicted molar refractivity (Wildman–Crippen MR) is 53.2 cm³/mol. The fraction of sp³-hybridized carbons (Fsp3) is 0.500. The van der Waals surface area contributed by atoms with Gasteiger partial charge < -0.3 is 10.2 Å². The molecule has 0 saturated carbocycles. The highest BCUT2D eigenvalue weighted by Gasteiger charge is 2.30. The van der Waals surface area contributed by atoms with Gasteiger partial charge in [0.05, 0.1) is 5.69 Å². The summed E-state index contributed by atoms with van der Waals surface area (Å²) >= 11 is 0. The summed E-state index contributed by atoms with van der Waals surface area (Å²) in [4.78, 5) is 6.92. The minimum absolute atomic E-state index is 0.627. The lowest BCUT2D eigenvalue weighted by atomic mass is 10.2. The van der Waals surface area contributed by atoms with E-state index in [-0.39, 0.29) is 0 Å². The maximum Gasteiger partial charge on any atom is 0.150 e. The van der Waals surface area contributed by atoms with Crippen LogP contribution in [-0.4, -0.2) is 24.1 Å². The summed E-state index contributed by atoms with van der Waals surface area (Å²) in [6, 6.07) is 4.88. The molecule has 1 N–H and O–H groups in total. The standard InChI is InChI=1S/C10H13N3/c1-7-2-3-9-10(11-7)12-8-4-5-13(9)6-8/h2-3,8H,4-6H2,1H3,(H,11,12). The molecule has 3 nitrogen and oxygen atoms in total. The molecule has 0 radical (unpaired) electrons. The zero-order valence-corrected chi connectivity index (χ0v) is 7.75. The van der Waals surface area contributed by atoms with Gasteiger partial charge in [0.25, 0.3) is 0 Å². The Hall–Kier alpha value is -1.25. The third kappa shape index (κ3) is 0.996. The Bertz CT molecular complexity index is 348. The molecular formula is C10H13N3. The number of nitrogens with one attached hydrogen (secondary N) is 1. The van der Waals surface area contributed by atoms with Crippen LogP contribution in [0.1, 0.15) is 12.1 Å². The molecular weight excluding hydrogens is 162 g/mol. The maximum absolute atomic E-state index is 4.50. The Morgan fingerprint density at radius 3 is 3.38 bits per heavy atom. The SMILES string of the molecule is Cc1ccc2c(n1)NC1CCN2C1. The van der Waals surface area contributed by atoms with Crippen molar-refractivity contribution in [3.63, 3.8) is 0 Å². The summed E-state index contributed by atoms with van der Waals surface area (Å²) in [5.41, 5.74) is 2.37. The minimum Gasteiger partial charge on any atom is -0.366 e. The van der Waals surface area contributed by atoms with E-state index in [2.05, 4.69) is 27.3 Å². The van der Waals surface area contributed by atoms with E-state index in [4.69, 9.17) is 0 Å². The molecule has 3 rings (SSSR count). The van der Waals surface area contributed by atoms with E-state index in [0.29, 0.717) is 6.04 Å². The molecule has 3 heterocycles. The Balaban J connectivity index is 2.12. The van der Waals surface area contributed by atoms with E-state index in [1.54, 1.807) is 0 Å². The van der Waals surface area contributed by atoms with Crippen LogP contribution in [-0.2, 0) is 0 Å². The topological polar surface area (TPSA) is 28.2 Å². The molecule has 1 fully saturated rings. The molecule has 2 aliphatic heterocycles. The molecule has 1 atom stereocenters. The van der Waals surface area contributed by atoms with Crippen LogP contribution >= 0.6 is 0 Å². The third-order valence-electron chi connectivity index (χ3n) is 2.88. The molecule has 0 aliphatic carbocycles. The number of aromatic nitrogens is 1. The highest BCUT2D eigenvalue weighted by molar-refractivity contribution is 5.70. The first-order valence-electron chi connectivity index (χ1n) is 4.82. The molecule has 1 unspecified atom stereocenters. The van der Waals surface area contributed by atoms with Crippen LogP contribution in [0.5, 0.6) is 0 Å². The van der Waals surface area contributed by atoms with Gasteiger partial charge >= 0.3 is 0 Å². The van der Waals surface area contributed by atoms with E-state index < -0.39 is 0 Å². The number of fused-ring (bicyclic) bond motifs is 4. The molecule has 13 heavy (non-hydrogen) atoms. The first-order chi connectivity index (χ1) is 6.33. The molecule has 0 spiro atoms. The number of hydrogen-bond acceptors (Lipinski definition) is 3. The second kappa shape index (κ2) is 2.37. The summed E-state index contributed by atoms with van der Waals surface area (Å²) in [5, 5.41) is 3.48. The second-order valence-electron chi connectivity index (χ2n) is 3.90. The summed E-state index contributed by atoms with van der Waals surface area (Å²) in [6.07, 6.45) is 1.25. The van der Waals surface area contributed by atoms with E-state index in [1.807, 2.05) is 6.92 Å². The third-order valence-corrected chi connectivity index (χ3v) is 2.88. The van der Waals surface area contributed by atoms with Crippen molar-refractivity contribution in [2.45, 2.75) is 19.4 Å². The maximum atomic E-state index is 4.50. The van der Waals surface area contributed by atoms with Crippen molar-refractivity contribution in [1.29, 1.82) is 0 Å². The number of rotatable bonds is 0. The van der Waals surface area contributed by atoms with Crippen molar-refractivity contribution in [1.82, 2.24) is 4.98 Å². The highest BCUT2D eigenvalue weighted by Crippen LogP contribution is 2.33. The smallest absolute Gasteiger partial charge is 0.150 e. The molecule has 0 amide bonds. The number of hydrogen-bond donors (Lipinski definition) is 1. The molecule has 2 aliphatic rings. The van der Waals surface area contributed by atoms with Crippen LogP contribution in [0.15, 0.2) is 12.1 Å². The fourth-order valence-corrected chi connectivity index (χ4v) is 2.20. The van der Waals surface area contributed by atoms with Crippen LogP contribution in [0.2, 0.25) is 0 Å². The Morgan fingerprint density at radius 1 is 1.54 bits per heavy atom. The van der Waals surface area contributed by atoms with Gasteiger partial charge in [-0.3, -0.25) is 0 Å². The number of aryl methyl sites for hydroxylation is 1. The first kappa shape index (κ1) is 7.18. The van der Waals surface area contributed by atoms with Crippen molar-refractivity contribution in [2.75, 3.05) is 23.3 Å².